The van der Waals surface area contributed by atoms with Crippen molar-refractivity contribution in [3.63, 3.8) is 0 Å². The SMILES string of the molecule is CN=C(NCC(=O)NCCc1ccccc1)NC1CCN(S(=O)(=O)C(F)(F)F)CC1. The lowest BCUT2D eigenvalue weighted by molar-refractivity contribution is -0.119. The molecule has 8 nitrogen and oxygen atoms in total. The predicted octanol–water partition coefficient (Wildman–Crippen LogP) is 0.824. The van der Waals surface area contributed by atoms with E-state index in [1.165, 1.54) is 7.05 Å². The molecule has 0 bridgehead atoms. The lowest BCUT2D eigenvalue weighted by Crippen LogP contribution is -2.52. The molecule has 3 N–H and O–H groups in total. The van der Waals surface area contributed by atoms with Gasteiger partial charge >= 0.3 is 15.5 Å². The zero-order chi connectivity index (χ0) is 22.2. The molecule has 30 heavy (non-hydrogen) atoms. The maximum absolute atomic E-state index is 12.6. The summed E-state index contributed by atoms with van der Waals surface area (Å²) >= 11 is 0. The third kappa shape index (κ3) is 6.87. The Morgan fingerprint density at radius 3 is 2.37 bits per heavy atom. The molecule has 0 radical (unpaired) electrons. The number of benzene rings is 1. The quantitative estimate of drug-likeness (QED) is 0.423. The molecule has 1 saturated heterocycles. The second kappa shape index (κ2) is 10.6. The molecule has 1 heterocycles. The molecule has 2 rings (SSSR count). The van der Waals surface area contributed by atoms with E-state index in [-0.39, 0.29) is 44.4 Å². The molecule has 1 fully saturated rings. The predicted molar refractivity (Wildman–Crippen MR) is 107 cm³/mol. The number of sulfonamides is 1. The highest BCUT2D eigenvalue weighted by Gasteiger charge is 2.50. The molecule has 1 aliphatic rings. The Morgan fingerprint density at radius 1 is 1.17 bits per heavy atom. The number of piperidine rings is 1. The van der Waals surface area contributed by atoms with E-state index in [0.717, 1.165) is 5.56 Å². The number of alkyl halides is 3. The third-order valence-electron chi connectivity index (χ3n) is 4.65. The van der Waals surface area contributed by atoms with Gasteiger partial charge in [-0.25, -0.2) is 8.42 Å². The van der Waals surface area contributed by atoms with Gasteiger partial charge < -0.3 is 16.0 Å². The van der Waals surface area contributed by atoms with Crippen LogP contribution in [0.5, 0.6) is 0 Å². The van der Waals surface area contributed by atoms with Gasteiger partial charge in [-0.05, 0) is 24.8 Å². The maximum Gasteiger partial charge on any atom is 0.511 e. The number of carbonyl (C=O) groups excluding carboxylic acids is 1. The van der Waals surface area contributed by atoms with Gasteiger partial charge in [-0.2, -0.15) is 17.5 Å². The van der Waals surface area contributed by atoms with Gasteiger partial charge in [0.15, 0.2) is 5.96 Å². The molecule has 168 valence electrons. The van der Waals surface area contributed by atoms with E-state index in [1.807, 2.05) is 30.3 Å². The fourth-order valence-electron chi connectivity index (χ4n) is 2.99. The van der Waals surface area contributed by atoms with E-state index < -0.39 is 15.5 Å². The van der Waals surface area contributed by atoms with Crippen LogP contribution in [0.25, 0.3) is 0 Å². The highest BCUT2D eigenvalue weighted by molar-refractivity contribution is 7.90. The number of aliphatic imine (C=N–C) groups is 1. The van der Waals surface area contributed by atoms with Crippen molar-refractivity contribution in [2.24, 2.45) is 4.99 Å². The second-order valence-corrected chi connectivity index (χ2v) is 8.71. The number of hydrogen-bond donors (Lipinski definition) is 3. The van der Waals surface area contributed by atoms with Crippen molar-refractivity contribution in [2.45, 2.75) is 30.8 Å². The first-order chi connectivity index (χ1) is 14.1. The van der Waals surface area contributed by atoms with Crippen molar-refractivity contribution >= 4 is 21.9 Å². The minimum absolute atomic E-state index is 0.0181. The van der Waals surface area contributed by atoms with Crippen LogP contribution in [0.1, 0.15) is 18.4 Å². The van der Waals surface area contributed by atoms with Gasteiger partial charge in [0.05, 0.1) is 6.54 Å². The van der Waals surface area contributed by atoms with Crippen LogP contribution in [0.4, 0.5) is 13.2 Å². The van der Waals surface area contributed by atoms with Crippen molar-refractivity contribution in [3.05, 3.63) is 35.9 Å². The van der Waals surface area contributed by atoms with Crippen LogP contribution in [0, 0.1) is 0 Å². The van der Waals surface area contributed by atoms with E-state index in [4.69, 9.17) is 0 Å². The summed E-state index contributed by atoms with van der Waals surface area (Å²) < 4.78 is 61.2. The van der Waals surface area contributed by atoms with E-state index in [9.17, 15) is 26.4 Å². The molecular weight excluding hydrogens is 423 g/mol. The Balaban J connectivity index is 1.70. The van der Waals surface area contributed by atoms with Gasteiger partial charge in [-0.3, -0.25) is 9.79 Å². The van der Waals surface area contributed by atoms with Crippen molar-refractivity contribution in [3.8, 4) is 0 Å². The van der Waals surface area contributed by atoms with E-state index in [0.29, 0.717) is 23.2 Å². The molecule has 0 aromatic heterocycles. The largest absolute Gasteiger partial charge is 0.511 e. The molecule has 0 atom stereocenters. The highest BCUT2D eigenvalue weighted by Crippen LogP contribution is 2.28. The summed E-state index contributed by atoms with van der Waals surface area (Å²) in [6.45, 7) is -0.00852. The zero-order valence-electron chi connectivity index (χ0n) is 16.6. The van der Waals surface area contributed by atoms with Crippen molar-refractivity contribution in [1.29, 1.82) is 0 Å². The standard InChI is InChI=1S/C18H26F3N5O3S/c1-22-17(24-13-16(27)23-10-7-14-5-3-2-4-6-14)25-15-8-11-26(12-9-15)30(28,29)18(19,20)21/h2-6,15H,7-13H2,1H3,(H,23,27)(H2,22,24,25). The number of guanidine groups is 1. The molecule has 0 unspecified atom stereocenters. The van der Waals surface area contributed by atoms with Crippen LogP contribution in [0.2, 0.25) is 0 Å². The van der Waals surface area contributed by atoms with E-state index in [2.05, 4.69) is 20.9 Å². The summed E-state index contributed by atoms with van der Waals surface area (Å²) in [6, 6.07) is 9.47. The third-order valence-corrected chi connectivity index (χ3v) is 6.28. The summed E-state index contributed by atoms with van der Waals surface area (Å²) in [7, 11) is -3.79. The lowest BCUT2D eigenvalue weighted by atomic mass is 10.1. The Morgan fingerprint density at radius 2 is 1.80 bits per heavy atom. The van der Waals surface area contributed by atoms with Crippen molar-refractivity contribution in [2.75, 3.05) is 33.2 Å². The summed E-state index contributed by atoms with van der Waals surface area (Å²) in [4.78, 5) is 15.9. The number of carbonyl (C=O) groups is 1. The summed E-state index contributed by atoms with van der Waals surface area (Å²) in [5.74, 6) is 0.102. The lowest BCUT2D eigenvalue weighted by Gasteiger charge is -2.32. The van der Waals surface area contributed by atoms with Crippen LogP contribution in [-0.4, -0.2) is 69.4 Å². The minimum atomic E-state index is -5.30. The van der Waals surface area contributed by atoms with Crippen LogP contribution < -0.4 is 16.0 Å². The topological polar surface area (TPSA) is 103 Å². The number of nitrogens with one attached hydrogen (secondary N) is 3. The van der Waals surface area contributed by atoms with Gasteiger partial charge in [0.25, 0.3) is 0 Å². The van der Waals surface area contributed by atoms with Gasteiger partial charge in [-0.15, -0.1) is 0 Å². The Kier molecular flexibility index (Phi) is 8.47. The number of nitrogens with zero attached hydrogens (tertiary/aromatic N) is 2. The van der Waals surface area contributed by atoms with Crippen LogP contribution in [0.15, 0.2) is 35.3 Å². The van der Waals surface area contributed by atoms with Gasteiger partial charge in [0.1, 0.15) is 0 Å². The first-order valence-corrected chi connectivity index (χ1v) is 10.9. The van der Waals surface area contributed by atoms with Crippen molar-refractivity contribution in [1.82, 2.24) is 20.3 Å². The highest BCUT2D eigenvalue weighted by atomic mass is 32.2. The van der Waals surface area contributed by atoms with Crippen LogP contribution in [-0.2, 0) is 21.2 Å². The molecule has 1 aromatic rings. The monoisotopic (exact) mass is 449 g/mol. The van der Waals surface area contributed by atoms with Crippen molar-refractivity contribution < 1.29 is 26.4 Å². The average Bonchev–Trinajstić information content (AvgIpc) is 2.71. The van der Waals surface area contributed by atoms with Gasteiger partial charge in [0.2, 0.25) is 5.91 Å². The summed E-state index contributed by atoms with van der Waals surface area (Å²) in [6.07, 6.45) is 1.09. The molecule has 1 amide bonds. The second-order valence-electron chi connectivity index (χ2n) is 6.78. The number of amides is 1. The molecule has 1 aliphatic heterocycles. The first-order valence-electron chi connectivity index (χ1n) is 9.47. The van der Waals surface area contributed by atoms with Gasteiger partial charge in [-0.1, -0.05) is 30.3 Å². The Hall–Kier alpha value is -2.34. The smallest absolute Gasteiger partial charge is 0.354 e. The fourth-order valence-corrected chi connectivity index (χ4v) is 3.98. The molecule has 0 spiro atoms. The number of halogens is 3. The molecule has 0 saturated carbocycles. The summed E-state index contributed by atoms with van der Waals surface area (Å²) in [5, 5.41) is 8.64. The Labute approximate surface area is 174 Å². The Bertz CT molecular complexity index is 823. The van der Waals surface area contributed by atoms with E-state index >= 15 is 0 Å². The van der Waals surface area contributed by atoms with Gasteiger partial charge in [0, 0.05) is 32.7 Å². The van der Waals surface area contributed by atoms with Crippen LogP contribution in [0.3, 0.4) is 0 Å². The average molecular weight is 449 g/mol. The molecule has 1 aromatic carbocycles. The molecule has 12 heteroatoms. The summed E-state index contributed by atoms with van der Waals surface area (Å²) in [5.41, 5.74) is -4.18. The fraction of sp³-hybridized carbons (Fsp3) is 0.556. The van der Waals surface area contributed by atoms with Crippen LogP contribution >= 0.6 is 0 Å². The first kappa shape index (κ1) is 23.9. The molecular formula is C18H26F3N5O3S. The normalized spacial score (nSPS) is 16.9. The number of rotatable bonds is 7. The zero-order valence-corrected chi connectivity index (χ0v) is 17.4. The van der Waals surface area contributed by atoms with E-state index in [1.54, 1.807) is 0 Å². The molecule has 0 aliphatic carbocycles. The maximum atomic E-state index is 12.6. The number of hydrogen-bond acceptors (Lipinski definition) is 4. The minimum Gasteiger partial charge on any atom is -0.354 e.